The van der Waals surface area contributed by atoms with Gasteiger partial charge in [-0.2, -0.15) is 0 Å². The van der Waals surface area contributed by atoms with E-state index in [0.717, 1.165) is 21.1 Å². The first-order valence-corrected chi connectivity index (χ1v) is 11.6. The number of aryl methyl sites for hydroxylation is 2. The summed E-state index contributed by atoms with van der Waals surface area (Å²) in [5.41, 5.74) is 5.16. The van der Waals surface area contributed by atoms with Crippen LogP contribution in [0.15, 0.2) is 48.5 Å². The first-order chi connectivity index (χ1) is 13.8. The van der Waals surface area contributed by atoms with Crippen molar-refractivity contribution in [3.8, 4) is 21.1 Å². The van der Waals surface area contributed by atoms with Crippen molar-refractivity contribution in [2.45, 2.75) is 71.6 Å². The van der Waals surface area contributed by atoms with Gasteiger partial charge in [0.15, 0.2) is 0 Å². The molecule has 0 aliphatic rings. The first-order valence-electron chi connectivity index (χ1n) is 10.8. The Labute approximate surface area is 174 Å². The number of benzene rings is 2. The molecule has 1 heterocycles. The van der Waals surface area contributed by atoms with Crippen LogP contribution in [0.4, 0.5) is 0 Å². The Bertz CT molecular complexity index is 819. The predicted molar refractivity (Wildman–Crippen MR) is 122 cm³/mol. The van der Waals surface area contributed by atoms with Crippen LogP contribution in [0.5, 0.6) is 0 Å². The van der Waals surface area contributed by atoms with Gasteiger partial charge in [0, 0.05) is 11.1 Å². The summed E-state index contributed by atoms with van der Waals surface area (Å²) in [4.78, 5) is 0. The first kappa shape index (κ1) is 20.7. The molecule has 1 aromatic heterocycles. The molecule has 3 heteroatoms. The van der Waals surface area contributed by atoms with E-state index in [1.165, 1.54) is 68.9 Å². The van der Waals surface area contributed by atoms with Crippen LogP contribution in [-0.2, 0) is 12.8 Å². The molecule has 0 bridgehead atoms. The minimum Gasteiger partial charge on any atom is -0.138 e. The summed E-state index contributed by atoms with van der Waals surface area (Å²) in [5, 5.41) is 10.9. The molecule has 148 valence electrons. The highest BCUT2D eigenvalue weighted by Gasteiger charge is 2.09. The molecular weight excluding hydrogens is 360 g/mol. The maximum absolute atomic E-state index is 4.43. The third kappa shape index (κ3) is 6.00. The molecular formula is C25H32N2S. The number of hydrogen-bond acceptors (Lipinski definition) is 3. The van der Waals surface area contributed by atoms with Crippen LogP contribution in [0.2, 0.25) is 0 Å². The van der Waals surface area contributed by atoms with Gasteiger partial charge in [-0.05, 0) is 36.8 Å². The van der Waals surface area contributed by atoms with Crippen LogP contribution in [0.3, 0.4) is 0 Å². The molecule has 0 N–H and O–H groups in total. The van der Waals surface area contributed by atoms with Gasteiger partial charge in [0.2, 0.25) is 0 Å². The molecule has 28 heavy (non-hydrogen) atoms. The van der Waals surface area contributed by atoms with Gasteiger partial charge in [0.05, 0.1) is 0 Å². The van der Waals surface area contributed by atoms with E-state index < -0.39 is 0 Å². The summed E-state index contributed by atoms with van der Waals surface area (Å²) in [6.45, 7) is 4.50. The molecule has 0 aliphatic carbocycles. The minimum absolute atomic E-state index is 0.999. The second-order valence-corrected chi connectivity index (χ2v) is 8.55. The molecule has 0 aliphatic heterocycles. The predicted octanol–water partition coefficient (Wildman–Crippen LogP) is 7.73. The van der Waals surface area contributed by atoms with Crippen LogP contribution in [0.25, 0.3) is 21.1 Å². The average molecular weight is 393 g/mol. The van der Waals surface area contributed by atoms with Crippen molar-refractivity contribution in [3.63, 3.8) is 0 Å². The van der Waals surface area contributed by atoms with Crippen LogP contribution >= 0.6 is 11.3 Å². The summed E-state index contributed by atoms with van der Waals surface area (Å²) in [7, 11) is 0. The number of hydrogen-bond donors (Lipinski definition) is 0. The van der Waals surface area contributed by atoms with Gasteiger partial charge in [-0.3, -0.25) is 0 Å². The molecule has 0 saturated carbocycles. The molecule has 0 amide bonds. The number of aromatic nitrogens is 2. The number of rotatable bonds is 11. The molecule has 3 rings (SSSR count). The second-order valence-electron chi connectivity index (χ2n) is 7.57. The topological polar surface area (TPSA) is 25.8 Å². The molecule has 2 nitrogen and oxygen atoms in total. The lowest BCUT2D eigenvalue weighted by atomic mass is 10.0. The van der Waals surface area contributed by atoms with Gasteiger partial charge in [0.1, 0.15) is 10.0 Å². The summed E-state index contributed by atoms with van der Waals surface area (Å²) in [6, 6.07) is 17.7. The number of unbranched alkanes of at least 4 members (excludes halogenated alkanes) is 5. The Morgan fingerprint density at radius 2 is 1.00 bits per heavy atom. The highest BCUT2D eigenvalue weighted by Crippen LogP contribution is 2.30. The summed E-state index contributed by atoms with van der Waals surface area (Å²) < 4.78 is 0. The zero-order valence-corrected chi connectivity index (χ0v) is 18.1. The van der Waals surface area contributed by atoms with E-state index in [1.54, 1.807) is 11.3 Å². The average Bonchev–Trinajstić information content (AvgIpc) is 3.23. The Balaban J connectivity index is 1.60. The zero-order chi connectivity index (χ0) is 19.6. The maximum atomic E-state index is 4.43. The lowest BCUT2D eigenvalue weighted by Gasteiger charge is -2.02. The quantitative estimate of drug-likeness (QED) is 0.312. The normalized spacial score (nSPS) is 11.1. The van der Waals surface area contributed by atoms with Gasteiger partial charge in [-0.25, -0.2) is 0 Å². The Morgan fingerprint density at radius 3 is 1.46 bits per heavy atom. The molecule has 0 atom stereocenters. The van der Waals surface area contributed by atoms with Crippen molar-refractivity contribution in [2.24, 2.45) is 0 Å². The fourth-order valence-corrected chi connectivity index (χ4v) is 4.27. The van der Waals surface area contributed by atoms with E-state index in [0.29, 0.717) is 0 Å². The van der Waals surface area contributed by atoms with Crippen molar-refractivity contribution in [3.05, 3.63) is 59.7 Å². The van der Waals surface area contributed by atoms with E-state index >= 15 is 0 Å². The Hall–Kier alpha value is -2.00. The monoisotopic (exact) mass is 392 g/mol. The maximum Gasteiger partial charge on any atom is 0.148 e. The zero-order valence-electron chi connectivity index (χ0n) is 17.3. The summed E-state index contributed by atoms with van der Waals surface area (Å²) >= 11 is 1.67. The highest BCUT2D eigenvalue weighted by atomic mass is 32.1. The van der Waals surface area contributed by atoms with E-state index in [9.17, 15) is 0 Å². The molecule has 3 aromatic rings. The third-order valence-electron chi connectivity index (χ3n) is 5.21. The van der Waals surface area contributed by atoms with Gasteiger partial charge >= 0.3 is 0 Å². The molecule has 0 unspecified atom stereocenters. The number of nitrogens with zero attached hydrogens (tertiary/aromatic N) is 2. The van der Waals surface area contributed by atoms with Gasteiger partial charge < -0.3 is 0 Å². The molecule has 0 spiro atoms. The second kappa shape index (κ2) is 11.1. The lowest BCUT2D eigenvalue weighted by molar-refractivity contribution is 0.667. The van der Waals surface area contributed by atoms with Crippen LogP contribution < -0.4 is 0 Å². The van der Waals surface area contributed by atoms with Crippen molar-refractivity contribution in [1.29, 1.82) is 0 Å². The molecule has 0 saturated heterocycles. The third-order valence-corrected chi connectivity index (χ3v) is 6.24. The molecule has 0 radical (unpaired) electrons. The fraction of sp³-hybridized carbons (Fsp3) is 0.440. The van der Waals surface area contributed by atoms with Crippen molar-refractivity contribution < 1.29 is 0 Å². The summed E-state index contributed by atoms with van der Waals surface area (Å²) in [5.74, 6) is 0. The van der Waals surface area contributed by atoms with Crippen molar-refractivity contribution >= 4 is 11.3 Å². The SMILES string of the molecule is CCCCCCc1ccc(-c2nnc(-c3ccc(CCCCC)cc3)s2)cc1. The smallest absolute Gasteiger partial charge is 0.138 e. The fourth-order valence-electron chi connectivity index (χ4n) is 3.42. The minimum atomic E-state index is 0.999. The van der Waals surface area contributed by atoms with Crippen molar-refractivity contribution in [1.82, 2.24) is 10.2 Å². The van der Waals surface area contributed by atoms with Gasteiger partial charge in [-0.15, -0.1) is 10.2 Å². The molecule has 2 aromatic carbocycles. The van der Waals surface area contributed by atoms with E-state index in [2.05, 4.69) is 72.6 Å². The van der Waals surface area contributed by atoms with Crippen molar-refractivity contribution in [2.75, 3.05) is 0 Å². The van der Waals surface area contributed by atoms with Crippen LogP contribution in [0, 0.1) is 0 Å². The standard InChI is InChI=1S/C25H32N2S/c1-3-5-7-9-11-21-14-18-23(19-15-21)25-27-26-24(28-25)22-16-12-20(13-17-22)10-8-6-4-2/h12-19H,3-11H2,1-2H3. The van der Waals surface area contributed by atoms with Crippen LogP contribution in [-0.4, -0.2) is 10.2 Å². The van der Waals surface area contributed by atoms with Gasteiger partial charge in [-0.1, -0.05) is 106 Å². The van der Waals surface area contributed by atoms with Gasteiger partial charge in [0.25, 0.3) is 0 Å². The largest absolute Gasteiger partial charge is 0.148 e. The van der Waals surface area contributed by atoms with E-state index in [-0.39, 0.29) is 0 Å². The van der Waals surface area contributed by atoms with Crippen LogP contribution in [0.1, 0.15) is 69.9 Å². The Morgan fingerprint density at radius 1 is 0.571 bits per heavy atom. The lowest BCUT2D eigenvalue weighted by Crippen LogP contribution is -1.86. The molecule has 0 fully saturated rings. The van der Waals surface area contributed by atoms with E-state index in [4.69, 9.17) is 0 Å². The highest BCUT2D eigenvalue weighted by molar-refractivity contribution is 7.17. The van der Waals surface area contributed by atoms with E-state index in [1.807, 2.05) is 0 Å². The Kier molecular flexibility index (Phi) is 8.23. The summed E-state index contributed by atoms with van der Waals surface area (Å²) in [6.07, 6.45) is 11.4.